The third-order valence-corrected chi connectivity index (χ3v) is 3.32. The molecule has 21 heavy (non-hydrogen) atoms. The molecule has 0 aliphatic carbocycles. The number of rotatable bonds is 3. The van der Waals surface area contributed by atoms with Crippen molar-refractivity contribution in [3.05, 3.63) is 59.0 Å². The number of amides is 1. The van der Waals surface area contributed by atoms with E-state index in [1.54, 1.807) is 47.6 Å². The summed E-state index contributed by atoms with van der Waals surface area (Å²) in [5.41, 5.74) is 1.37. The van der Waals surface area contributed by atoms with Crippen LogP contribution in [0, 0.1) is 0 Å². The zero-order valence-corrected chi connectivity index (χ0v) is 11.5. The van der Waals surface area contributed by atoms with Gasteiger partial charge in [0.2, 0.25) is 5.91 Å². The van der Waals surface area contributed by atoms with E-state index in [2.05, 4.69) is 15.3 Å². The average molecular weight is 282 g/mol. The lowest BCUT2D eigenvalue weighted by Crippen LogP contribution is -2.16. The van der Waals surface area contributed by atoms with Crippen molar-refractivity contribution < 1.29 is 4.79 Å². The van der Waals surface area contributed by atoms with Crippen LogP contribution in [0.15, 0.2) is 47.8 Å². The molecule has 3 rings (SSSR count). The Bertz CT molecular complexity index is 863. The van der Waals surface area contributed by atoms with Crippen LogP contribution in [0.3, 0.4) is 0 Å². The minimum Gasteiger partial charge on any atom is -0.337 e. The molecule has 2 N–H and O–H groups in total. The largest absolute Gasteiger partial charge is 0.337 e. The number of nitrogens with one attached hydrogen (secondary N) is 2. The SMILES string of the molecule is Cn1cncc1CC(=O)Nc1ccc2c(=O)[nH]ccc2c1. The van der Waals surface area contributed by atoms with Crippen molar-refractivity contribution >= 4 is 22.4 Å². The predicted molar refractivity (Wildman–Crippen MR) is 80.1 cm³/mol. The quantitative estimate of drug-likeness (QED) is 0.763. The molecule has 0 saturated carbocycles. The number of aryl methyl sites for hydroxylation is 1. The fraction of sp³-hybridized carbons (Fsp3) is 0.133. The number of hydrogen-bond acceptors (Lipinski definition) is 3. The first-order valence-corrected chi connectivity index (χ1v) is 6.50. The van der Waals surface area contributed by atoms with Crippen molar-refractivity contribution in [3.8, 4) is 0 Å². The van der Waals surface area contributed by atoms with Crippen molar-refractivity contribution in [1.29, 1.82) is 0 Å². The molecule has 0 spiro atoms. The molecule has 0 bridgehead atoms. The van der Waals surface area contributed by atoms with Crippen molar-refractivity contribution in [2.24, 2.45) is 7.05 Å². The lowest BCUT2D eigenvalue weighted by Gasteiger charge is -2.06. The first kappa shape index (κ1) is 13.1. The fourth-order valence-electron chi connectivity index (χ4n) is 2.19. The van der Waals surface area contributed by atoms with Crippen LogP contribution in [0.5, 0.6) is 0 Å². The van der Waals surface area contributed by atoms with E-state index in [0.717, 1.165) is 11.1 Å². The van der Waals surface area contributed by atoms with Gasteiger partial charge < -0.3 is 14.9 Å². The van der Waals surface area contributed by atoms with E-state index in [-0.39, 0.29) is 17.9 Å². The second kappa shape index (κ2) is 5.24. The molecule has 106 valence electrons. The topological polar surface area (TPSA) is 79.8 Å². The number of imidazole rings is 1. The third kappa shape index (κ3) is 2.69. The van der Waals surface area contributed by atoms with Crippen molar-refractivity contribution in [2.45, 2.75) is 6.42 Å². The Balaban J connectivity index is 1.80. The number of anilines is 1. The number of aromatic amines is 1. The van der Waals surface area contributed by atoms with Crippen LogP contribution in [-0.2, 0) is 18.3 Å². The van der Waals surface area contributed by atoms with E-state index in [4.69, 9.17) is 0 Å². The number of hydrogen-bond donors (Lipinski definition) is 2. The Hall–Kier alpha value is -2.89. The predicted octanol–water partition coefficient (Wildman–Crippen LogP) is 1.44. The number of aromatic nitrogens is 3. The highest BCUT2D eigenvalue weighted by Crippen LogP contribution is 2.16. The van der Waals surface area contributed by atoms with Crippen LogP contribution in [0.4, 0.5) is 5.69 Å². The lowest BCUT2D eigenvalue weighted by atomic mass is 10.1. The molecule has 3 aromatic rings. The van der Waals surface area contributed by atoms with E-state index >= 15 is 0 Å². The Kier molecular flexibility index (Phi) is 3.27. The van der Waals surface area contributed by atoms with Gasteiger partial charge in [-0.15, -0.1) is 0 Å². The maximum atomic E-state index is 12.0. The summed E-state index contributed by atoms with van der Waals surface area (Å²) in [7, 11) is 1.85. The van der Waals surface area contributed by atoms with Gasteiger partial charge in [0.15, 0.2) is 0 Å². The Morgan fingerprint density at radius 1 is 1.38 bits per heavy atom. The van der Waals surface area contributed by atoms with Crippen LogP contribution in [-0.4, -0.2) is 20.4 Å². The molecule has 0 saturated heterocycles. The van der Waals surface area contributed by atoms with Gasteiger partial charge in [-0.05, 0) is 29.7 Å². The highest BCUT2D eigenvalue weighted by Gasteiger charge is 2.08. The summed E-state index contributed by atoms with van der Waals surface area (Å²) in [6.45, 7) is 0. The summed E-state index contributed by atoms with van der Waals surface area (Å²) in [6, 6.07) is 7.01. The molecule has 1 aromatic carbocycles. The maximum absolute atomic E-state index is 12.0. The molecule has 0 radical (unpaired) electrons. The number of pyridine rings is 1. The molecular formula is C15H14N4O2. The Labute approximate surface area is 120 Å². The van der Waals surface area contributed by atoms with Gasteiger partial charge in [-0.2, -0.15) is 0 Å². The normalized spacial score (nSPS) is 10.7. The molecule has 0 fully saturated rings. The first-order chi connectivity index (χ1) is 10.1. The summed E-state index contributed by atoms with van der Waals surface area (Å²) in [6.07, 6.45) is 5.17. The van der Waals surface area contributed by atoms with Crippen molar-refractivity contribution in [3.63, 3.8) is 0 Å². The number of carbonyl (C=O) groups excluding carboxylic acids is 1. The van der Waals surface area contributed by atoms with E-state index in [1.807, 2.05) is 7.05 Å². The van der Waals surface area contributed by atoms with E-state index in [1.165, 1.54) is 0 Å². The molecule has 1 amide bonds. The second-order valence-electron chi connectivity index (χ2n) is 4.83. The fourth-order valence-corrected chi connectivity index (χ4v) is 2.19. The highest BCUT2D eigenvalue weighted by molar-refractivity contribution is 5.95. The summed E-state index contributed by atoms with van der Waals surface area (Å²) in [5, 5.41) is 4.21. The Morgan fingerprint density at radius 2 is 2.24 bits per heavy atom. The van der Waals surface area contributed by atoms with Gasteiger partial charge in [0.25, 0.3) is 5.56 Å². The van der Waals surface area contributed by atoms with Gasteiger partial charge in [0.1, 0.15) is 0 Å². The summed E-state index contributed by atoms with van der Waals surface area (Å²) in [4.78, 5) is 30.2. The van der Waals surface area contributed by atoms with Gasteiger partial charge in [-0.1, -0.05) is 0 Å². The number of nitrogens with zero attached hydrogens (tertiary/aromatic N) is 2. The van der Waals surface area contributed by atoms with Gasteiger partial charge >= 0.3 is 0 Å². The molecule has 0 aliphatic heterocycles. The third-order valence-electron chi connectivity index (χ3n) is 3.32. The molecule has 0 atom stereocenters. The van der Waals surface area contributed by atoms with Gasteiger partial charge in [0, 0.05) is 36.2 Å². The van der Waals surface area contributed by atoms with Gasteiger partial charge in [-0.3, -0.25) is 9.59 Å². The van der Waals surface area contributed by atoms with Crippen molar-refractivity contribution in [1.82, 2.24) is 14.5 Å². The number of H-pyrrole nitrogens is 1. The zero-order valence-electron chi connectivity index (χ0n) is 11.5. The van der Waals surface area contributed by atoms with Crippen LogP contribution in [0.1, 0.15) is 5.69 Å². The Morgan fingerprint density at radius 3 is 3.00 bits per heavy atom. The van der Waals surface area contributed by atoms with Crippen molar-refractivity contribution in [2.75, 3.05) is 5.32 Å². The lowest BCUT2D eigenvalue weighted by molar-refractivity contribution is -0.115. The van der Waals surface area contributed by atoms with Gasteiger partial charge in [0.05, 0.1) is 12.7 Å². The van der Waals surface area contributed by atoms with E-state index < -0.39 is 0 Å². The van der Waals surface area contributed by atoms with Gasteiger partial charge in [-0.25, -0.2) is 4.98 Å². The van der Waals surface area contributed by atoms with Crippen LogP contribution in [0.2, 0.25) is 0 Å². The maximum Gasteiger partial charge on any atom is 0.255 e. The standard InChI is InChI=1S/C15H14N4O2/c1-19-9-16-8-12(19)7-14(20)18-11-2-3-13-10(6-11)4-5-17-15(13)21/h2-6,8-9H,7H2,1H3,(H,17,21)(H,18,20). The van der Waals surface area contributed by atoms with Crippen LogP contribution < -0.4 is 10.9 Å². The van der Waals surface area contributed by atoms with E-state index in [9.17, 15) is 9.59 Å². The number of benzene rings is 1. The number of fused-ring (bicyclic) bond motifs is 1. The monoisotopic (exact) mass is 282 g/mol. The van der Waals surface area contributed by atoms with Crippen LogP contribution >= 0.6 is 0 Å². The summed E-state index contributed by atoms with van der Waals surface area (Å²) in [5.74, 6) is -0.122. The molecule has 0 aliphatic rings. The smallest absolute Gasteiger partial charge is 0.255 e. The minimum atomic E-state index is -0.139. The molecule has 2 heterocycles. The average Bonchev–Trinajstić information content (AvgIpc) is 2.84. The van der Waals surface area contributed by atoms with E-state index in [0.29, 0.717) is 11.1 Å². The second-order valence-corrected chi connectivity index (χ2v) is 4.83. The molecule has 6 nitrogen and oxygen atoms in total. The summed E-state index contributed by atoms with van der Waals surface area (Å²) >= 11 is 0. The molecule has 6 heteroatoms. The minimum absolute atomic E-state index is 0.122. The summed E-state index contributed by atoms with van der Waals surface area (Å²) < 4.78 is 1.81. The van der Waals surface area contributed by atoms with Crippen LogP contribution in [0.25, 0.3) is 10.8 Å². The molecular weight excluding hydrogens is 268 g/mol. The number of carbonyl (C=O) groups is 1. The first-order valence-electron chi connectivity index (χ1n) is 6.50. The molecule has 0 unspecified atom stereocenters. The zero-order chi connectivity index (χ0) is 14.8. The molecule has 2 aromatic heterocycles. The highest BCUT2D eigenvalue weighted by atomic mass is 16.1.